The minimum Gasteiger partial charge on any atom is -0.345 e. The van der Waals surface area contributed by atoms with Gasteiger partial charge in [0.25, 0.3) is 11.5 Å². The van der Waals surface area contributed by atoms with Crippen LogP contribution in [0.5, 0.6) is 0 Å². The lowest BCUT2D eigenvalue weighted by Crippen LogP contribution is -2.32. The van der Waals surface area contributed by atoms with E-state index in [1.165, 1.54) is 0 Å². The van der Waals surface area contributed by atoms with E-state index in [2.05, 4.69) is 15.3 Å². The Morgan fingerprint density at radius 1 is 1.27 bits per heavy atom. The smallest absolute Gasteiger partial charge is 0.261 e. The fourth-order valence-electron chi connectivity index (χ4n) is 2.85. The molecule has 2 N–H and O–H groups in total. The van der Waals surface area contributed by atoms with Crippen LogP contribution in [0.15, 0.2) is 35.4 Å². The van der Waals surface area contributed by atoms with Crippen LogP contribution in [0, 0.1) is 0 Å². The maximum atomic E-state index is 12.4. The summed E-state index contributed by atoms with van der Waals surface area (Å²) in [5, 5.41) is 2.87. The van der Waals surface area contributed by atoms with Crippen LogP contribution in [0.1, 0.15) is 53.0 Å². The Hall–Kier alpha value is -2.43. The first-order valence-electron chi connectivity index (χ1n) is 7.61. The number of rotatable bonds is 3. The molecule has 0 aromatic carbocycles. The van der Waals surface area contributed by atoms with Crippen molar-refractivity contribution >= 4 is 5.91 Å². The summed E-state index contributed by atoms with van der Waals surface area (Å²) in [4.78, 5) is 31.3. The van der Waals surface area contributed by atoms with Crippen molar-refractivity contribution in [1.29, 1.82) is 0 Å². The molecule has 0 fully saturated rings. The molecule has 0 saturated carbocycles. The average molecular weight is 297 g/mol. The highest BCUT2D eigenvalue weighted by Crippen LogP contribution is 2.19. The molecular weight excluding hydrogens is 278 g/mol. The number of carbonyl (C=O) groups excluding carboxylic acids is 1. The molecule has 0 saturated heterocycles. The summed E-state index contributed by atoms with van der Waals surface area (Å²) in [6.45, 7) is 1.89. The number of nitrogens with zero attached hydrogens (tertiary/aromatic N) is 1. The number of nitrogens with one attached hydrogen (secondary N) is 2. The van der Waals surface area contributed by atoms with Crippen LogP contribution >= 0.6 is 0 Å². The molecule has 5 heteroatoms. The molecule has 0 aliphatic heterocycles. The van der Waals surface area contributed by atoms with E-state index < -0.39 is 0 Å². The zero-order valence-electron chi connectivity index (χ0n) is 12.6. The molecule has 1 aliphatic carbocycles. The molecule has 3 rings (SSSR count). The second-order valence-corrected chi connectivity index (χ2v) is 5.70. The van der Waals surface area contributed by atoms with Gasteiger partial charge in [-0.15, -0.1) is 0 Å². The Morgan fingerprint density at radius 3 is 2.77 bits per heavy atom. The second kappa shape index (κ2) is 6.13. The second-order valence-electron chi connectivity index (χ2n) is 5.70. The number of carbonyl (C=O) groups is 1. The Morgan fingerprint density at radius 2 is 2.00 bits per heavy atom. The van der Waals surface area contributed by atoms with E-state index in [-0.39, 0.29) is 23.1 Å². The van der Waals surface area contributed by atoms with E-state index in [4.69, 9.17) is 0 Å². The first-order chi connectivity index (χ1) is 10.6. The quantitative estimate of drug-likeness (QED) is 0.911. The molecule has 1 aliphatic rings. The fourth-order valence-corrected chi connectivity index (χ4v) is 2.85. The lowest BCUT2D eigenvalue weighted by Gasteiger charge is -2.17. The van der Waals surface area contributed by atoms with Crippen LogP contribution in [0.4, 0.5) is 0 Å². The van der Waals surface area contributed by atoms with Gasteiger partial charge in [-0.25, -0.2) is 0 Å². The molecule has 0 radical (unpaired) electrons. The summed E-state index contributed by atoms with van der Waals surface area (Å²) in [6, 6.07) is 5.28. The van der Waals surface area contributed by atoms with E-state index in [0.717, 1.165) is 42.5 Å². The highest BCUT2D eigenvalue weighted by atomic mass is 16.2. The number of H-pyrrole nitrogens is 1. The minimum absolute atomic E-state index is 0.175. The molecular formula is C17H19N3O2. The van der Waals surface area contributed by atoms with E-state index in [9.17, 15) is 9.59 Å². The van der Waals surface area contributed by atoms with Crippen molar-refractivity contribution in [3.8, 4) is 0 Å². The lowest BCUT2D eigenvalue weighted by molar-refractivity contribution is 0.0938. The predicted octanol–water partition coefficient (Wildman–Crippen LogP) is 2.14. The van der Waals surface area contributed by atoms with Crippen LogP contribution in [0.2, 0.25) is 0 Å². The number of aromatic amines is 1. The highest BCUT2D eigenvalue weighted by molar-refractivity contribution is 5.94. The third-order valence-corrected chi connectivity index (χ3v) is 4.14. The minimum atomic E-state index is -0.334. The Labute approximate surface area is 128 Å². The summed E-state index contributed by atoms with van der Waals surface area (Å²) in [7, 11) is 0. The zero-order chi connectivity index (χ0) is 15.5. The van der Waals surface area contributed by atoms with Crippen LogP contribution < -0.4 is 10.9 Å². The summed E-state index contributed by atoms with van der Waals surface area (Å²) < 4.78 is 0. The fraction of sp³-hybridized carbons (Fsp3) is 0.353. The van der Waals surface area contributed by atoms with Crippen molar-refractivity contribution in [2.45, 2.75) is 38.6 Å². The van der Waals surface area contributed by atoms with Crippen molar-refractivity contribution in [2.24, 2.45) is 0 Å². The molecule has 0 bridgehead atoms. The maximum Gasteiger partial charge on any atom is 0.261 e. The number of aryl methyl sites for hydroxylation is 2. The van der Waals surface area contributed by atoms with E-state index in [0.29, 0.717) is 0 Å². The molecule has 1 atom stereocenters. The maximum absolute atomic E-state index is 12.4. The highest BCUT2D eigenvalue weighted by Gasteiger charge is 2.18. The van der Waals surface area contributed by atoms with Crippen molar-refractivity contribution in [2.75, 3.05) is 0 Å². The third kappa shape index (κ3) is 2.93. The van der Waals surface area contributed by atoms with Crippen LogP contribution in [-0.4, -0.2) is 15.9 Å². The predicted molar refractivity (Wildman–Crippen MR) is 83.8 cm³/mol. The Bertz CT molecular complexity index is 737. The Kier molecular flexibility index (Phi) is 4.04. The van der Waals surface area contributed by atoms with Gasteiger partial charge in [0.05, 0.1) is 6.04 Å². The van der Waals surface area contributed by atoms with E-state index in [1.54, 1.807) is 18.5 Å². The molecule has 0 spiro atoms. The summed E-state index contributed by atoms with van der Waals surface area (Å²) >= 11 is 0. The molecule has 114 valence electrons. The first-order valence-corrected chi connectivity index (χ1v) is 7.61. The van der Waals surface area contributed by atoms with E-state index >= 15 is 0 Å². The van der Waals surface area contributed by atoms with Gasteiger partial charge in [0, 0.05) is 18.1 Å². The van der Waals surface area contributed by atoms with Crippen molar-refractivity contribution in [3.63, 3.8) is 0 Å². The Balaban J connectivity index is 1.82. The lowest BCUT2D eigenvalue weighted by atomic mass is 9.95. The number of hydrogen-bond acceptors (Lipinski definition) is 3. The van der Waals surface area contributed by atoms with Gasteiger partial charge in [-0.1, -0.05) is 0 Å². The van der Waals surface area contributed by atoms with Crippen LogP contribution in [-0.2, 0) is 12.8 Å². The van der Waals surface area contributed by atoms with Gasteiger partial charge < -0.3 is 10.3 Å². The molecule has 2 aromatic heterocycles. The van der Waals surface area contributed by atoms with Crippen LogP contribution in [0.3, 0.4) is 0 Å². The number of hydrogen-bond donors (Lipinski definition) is 2. The molecule has 2 heterocycles. The topological polar surface area (TPSA) is 74.8 Å². The molecule has 1 unspecified atom stereocenters. The van der Waals surface area contributed by atoms with Gasteiger partial charge in [0.1, 0.15) is 5.56 Å². The van der Waals surface area contributed by atoms with Gasteiger partial charge in [-0.05, 0) is 61.9 Å². The molecule has 22 heavy (non-hydrogen) atoms. The first kappa shape index (κ1) is 14.5. The van der Waals surface area contributed by atoms with Crippen molar-refractivity contribution in [1.82, 2.24) is 15.3 Å². The molecule has 1 amide bonds. The van der Waals surface area contributed by atoms with Crippen molar-refractivity contribution < 1.29 is 4.79 Å². The van der Waals surface area contributed by atoms with Gasteiger partial charge >= 0.3 is 0 Å². The van der Waals surface area contributed by atoms with Crippen molar-refractivity contribution in [3.05, 3.63) is 63.3 Å². The number of amides is 1. The van der Waals surface area contributed by atoms with Gasteiger partial charge in [0.15, 0.2) is 0 Å². The van der Waals surface area contributed by atoms with Crippen LogP contribution in [0.25, 0.3) is 0 Å². The zero-order valence-corrected chi connectivity index (χ0v) is 12.6. The SMILES string of the molecule is CC(NC(=O)c1cc2c([nH]c1=O)CCCC2)c1ccncc1. The molecule has 2 aromatic rings. The summed E-state index contributed by atoms with van der Waals surface area (Å²) in [6.07, 6.45) is 7.38. The molecule has 5 nitrogen and oxygen atoms in total. The summed E-state index contributed by atoms with van der Waals surface area (Å²) in [5.74, 6) is -0.334. The standard InChI is InChI=1S/C17H19N3O2/c1-11(12-6-8-18-9-7-12)19-16(21)14-10-13-4-2-3-5-15(13)20-17(14)22/h6-11H,2-5H2,1H3,(H,19,21)(H,20,22). The monoisotopic (exact) mass is 297 g/mol. The summed E-state index contributed by atoms with van der Waals surface area (Å²) in [5.41, 5.74) is 2.92. The number of pyridine rings is 2. The normalized spacial score (nSPS) is 15.0. The third-order valence-electron chi connectivity index (χ3n) is 4.14. The van der Waals surface area contributed by atoms with Gasteiger partial charge in [-0.2, -0.15) is 0 Å². The number of aromatic nitrogens is 2. The van der Waals surface area contributed by atoms with Gasteiger partial charge in [-0.3, -0.25) is 14.6 Å². The average Bonchev–Trinajstić information content (AvgIpc) is 2.54. The van der Waals surface area contributed by atoms with E-state index in [1.807, 2.05) is 19.1 Å². The largest absolute Gasteiger partial charge is 0.345 e. The van der Waals surface area contributed by atoms with Gasteiger partial charge in [0.2, 0.25) is 0 Å². The number of fused-ring (bicyclic) bond motifs is 1.